The van der Waals surface area contributed by atoms with E-state index < -0.39 is 11.4 Å². The van der Waals surface area contributed by atoms with Crippen molar-refractivity contribution in [3.05, 3.63) is 45.7 Å². The number of carbonyl (C=O) groups excluding carboxylic acids is 1. The molecule has 190 valence electrons. The summed E-state index contributed by atoms with van der Waals surface area (Å²) in [6.45, 7) is 9.91. The van der Waals surface area contributed by atoms with Crippen LogP contribution in [0.3, 0.4) is 0 Å². The molecule has 2 heterocycles. The number of ether oxygens (including phenoxy) is 3. The minimum atomic E-state index is -0.634. The molecule has 0 radical (unpaired) electrons. The number of phenols is 1. The SMILES string of the molecule is CCOC(=O)c1cn2c(cc1=O)-c1cc(O)c(OCCCOCCN=NN)cc1CC2C(C)(C)C. The maximum Gasteiger partial charge on any atom is 0.343 e. The second-order valence-electron chi connectivity index (χ2n) is 9.42. The number of pyridine rings is 1. The molecule has 10 nitrogen and oxygen atoms in total. The van der Waals surface area contributed by atoms with Crippen molar-refractivity contribution < 1.29 is 24.1 Å². The van der Waals surface area contributed by atoms with E-state index in [9.17, 15) is 14.7 Å². The highest BCUT2D eigenvalue weighted by Crippen LogP contribution is 2.45. The third-order valence-corrected chi connectivity index (χ3v) is 5.89. The molecular weight excluding hydrogens is 452 g/mol. The predicted octanol–water partition coefficient (Wildman–Crippen LogP) is 3.65. The first-order valence-corrected chi connectivity index (χ1v) is 11.7. The summed E-state index contributed by atoms with van der Waals surface area (Å²) >= 11 is 0. The lowest BCUT2D eigenvalue weighted by molar-refractivity contribution is 0.0523. The summed E-state index contributed by atoms with van der Waals surface area (Å²) in [6, 6.07) is 4.87. The van der Waals surface area contributed by atoms with E-state index in [1.165, 1.54) is 6.07 Å². The molecule has 2 aromatic rings. The van der Waals surface area contributed by atoms with Crippen LogP contribution < -0.4 is 16.0 Å². The highest BCUT2D eigenvalue weighted by atomic mass is 16.5. The topological polar surface area (TPSA) is 138 Å². The van der Waals surface area contributed by atoms with Crippen LogP contribution in [-0.4, -0.2) is 48.6 Å². The fourth-order valence-corrected chi connectivity index (χ4v) is 4.16. The van der Waals surface area contributed by atoms with E-state index in [1.807, 2.05) is 10.6 Å². The number of hydrogen-bond acceptors (Lipinski definition) is 8. The summed E-state index contributed by atoms with van der Waals surface area (Å²) in [5.74, 6) is 4.67. The average molecular weight is 487 g/mol. The highest BCUT2D eigenvalue weighted by molar-refractivity contribution is 5.89. The molecule has 1 aromatic heterocycles. The van der Waals surface area contributed by atoms with E-state index in [-0.39, 0.29) is 29.4 Å². The lowest BCUT2D eigenvalue weighted by Crippen LogP contribution is -2.33. The normalized spacial score (nSPS) is 15.0. The molecule has 0 saturated carbocycles. The quantitative estimate of drug-likeness (QED) is 0.172. The summed E-state index contributed by atoms with van der Waals surface area (Å²) in [6.07, 6.45) is 2.87. The Hall–Kier alpha value is -3.40. The van der Waals surface area contributed by atoms with E-state index in [0.29, 0.717) is 50.7 Å². The Balaban J connectivity index is 1.86. The summed E-state index contributed by atoms with van der Waals surface area (Å²) in [4.78, 5) is 25.1. The smallest absolute Gasteiger partial charge is 0.343 e. The molecule has 0 bridgehead atoms. The van der Waals surface area contributed by atoms with Gasteiger partial charge >= 0.3 is 5.97 Å². The second kappa shape index (κ2) is 11.4. The van der Waals surface area contributed by atoms with Gasteiger partial charge in [-0.15, -0.1) is 0 Å². The van der Waals surface area contributed by atoms with Crippen molar-refractivity contribution in [2.75, 3.05) is 33.0 Å². The number of nitrogens with two attached hydrogens (primary N) is 1. The first kappa shape index (κ1) is 26.2. The Bertz CT molecular complexity index is 1140. The van der Waals surface area contributed by atoms with E-state index in [4.69, 9.17) is 20.1 Å². The number of esters is 1. The van der Waals surface area contributed by atoms with Crippen LogP contribution in [0.1, 0.15) is 56.1 Å². The molecule has 1 atom stereocenters. The van der Waals surface area contributed by atoms with Crippen LogP contribution in [0.25, 0.3) is 11.3 Å². The van der Waals surface area contributed by atoms with E-state index in [2.05, 4.69) is 31.1 Å². The van der Waals surface area contributed by atoms with Crippen molar-refractivity contribution in [2.24, 2.45) is 21.6 Å². The zero-order valence-electron chi connectivity index (χ0n) is 20.7. The summed E-state index contributed by atoms with van der Waals surface area (Å²) in [5.41, 5.74) is 1.76. The Morgan fingerprint density at radius 3 is 2.69 bits per heavy atom. The lowest BCUT2D eigenvalue weighted by atomic mass is 9.78. The molecule has 3 rings (SSSR count). The van der Waals surface area contributed by atoms with Crippen molar-refractivity contribution in [3.63, 3.8) is 0 Å². The van der Waals surface area contributed by atoms with Gasteiger partial charge in [-0.2, -0.15) is 5.11 Å². The summed E-state index contributed by atoms with van der Waals surface area (Å²) in [7, 11) is 0. The minimum Gasteiger partial charge on any atom is -0.504 e. The number of benzene rings is 1. The number of fused-ring (bicyclic) bond motifs is 3. The number of aromatic hydroxyl groups is 1. The van der Waals surface area contributed by atoms with Gasteiger partial charge < -0.3 is 29.7 Å². The molecule has 35 heavy (non-hydrogen) atoms. The number of hydrogen-bond donors (Lipinski definition) is 2. The first-order chi connectivity index (χ1) is 16.7. The number of aromatic nitrogens is 1. The molecule has 1 unspecified atom stereocenters. The molecular formula is C25H34N4O6. The van der Waals surface area contributed by atoms with Gasteiger partial charge in [0.1, 0.15) is 5.56 Å². The third kappa shape index (κ3) is 6.19. The average Bonchev–Trinajstić information content (AvgIpc) is 2.80. The maximum absolute atomic E-state index is 12.8. The van der Waals surface area contributed by atoms with Crippen LogP contribution >= 0.6 is 0 Å². The Morgan fingerprint density at radius 1 is 1.23 bits per heavy atom. The van der Waals surface area contributed by atoms with Crippen molar-refractivity contribution in [1.82, 2.24) is 4.57 Å². The molecule has 3 N–H and O–H groups in total. The molecule has 0 aliphatic carbocycles. The second-order valence-corrected chi connectivity index (χ2v) is 9.42. The van der Waals surface area contributed by atoms with Crippen LogP contribution in [0.15, 0.2) is 39.5 Å². The van der Waals surface area contributed by atoms with Gasteiger partial charge in [0.15, 0.2) is 16.9 Å². The van der Waals surface area contributed by atoms with E-state index in [0.717, 1.165) is 11.1 Å². The molecule has 0 saturated heterocycles. The molecule has 0 spiro atoms. The van der Waals surface area contributed by atoms with Gasteiger partial charge in [0.25, 0.3) is 0 Å². The fourth-order valence-electron chi connectivity index (χ4n) is 4.16. The van der Waals surface area contributed by atoms with Crippen LogP contribution in [0.2, 0.25) is 0 Å². The van der Waals surface area contributed by atoms with Crippen LogP contribution in [0, 0.1) is 5.41 Å². The van der Waals surface area contributed by atoms with Gasteiger partial charge in [-0.05, 0) is 36.5 Å². The zero-order chi connectivity index (χ0) is 25.6. The Labute approximate surface area is 204 Å². The lowest BCUT2D eigenvalue weighted by Gasteiger charge is -2.39. The van der Waals surface area contributed by atoms with E-state index >= 15 is 0 Å². The molecule has 1 aliphatic rings. The highest BCUT2D eigenvalue weighted by Gasteiger charge is 2.34. The molecule has 0 amide bonds. The molecule has 10 heteroatoms. The van der Waals surface area contributed by atoms with Crippen LogP contribution in [0.5, 0.6) is 11.5 Å². The van der Waals surface area contributed by atoms with E-state index in [1.54, 1.807) is 19.2 Å². The number of carbonyl (C=O) groups is 1. The molecule has 1 aromatic carbocycles. The maximum atomic E-state index is 12.8. The fraction of sp³-hybridized carbons (Fsp3) is 0.520. The van der Waals surface area contributed by atoms with Gasteiger partial charge in [0, 0.05) is 36.9 Å². The van der Waals surface area contributed by atoms with Crippen LogP contribution in [-0.2, 0) is 15.9 Å². The van der Waals surface area contributed by atoms with Crippen molar-refractivity contribution in [3.8, 4) is 22.8 Å². The largest absolute Gasteiger partial charge is 0.504 e. The standard InChI is InChI=1S/C25H34N4O6/c1-5-34-24(32)18-15-29-19(14-20(18)30)17-13-21(31)22(11-16(17)12-23(29)25(2,3)4)35-9-6-8-33-10-7-27-28-26/h11,13-15,23,31H,5-10,12H2,1-4H3,(H2,26,27). The minimum absolute atomic E-state index is 0.00536. The molecule has 0 fully saturated rings. The monoisotopic (exact) mass is 486 g/mol. The van der Waals surface area contributed by atoms with Crippen LogP contribution in [0.4, 0.5) is 0 Å². The third-order valence-electron chi connectivity index (χ3n) is 5.89. The van der Waals surface area contributed by atoms with Gasteiger partial charge in [0.2, 0.25) is 0 Å². The molecule has 1 aliphatic heterocycles. The van der Waals surface area contributed by atoms with Crippen molar-refractivity contribution in [2.45, 2.75) is 46.6 Å². The summed E-state index contributed by atoms with van der Waals surface area (Å²) in [5, 5.41) is 17.4. The number of rotatable bonds is 10. The van der Waals surface area contributed by atoms with Gasteiger partial charge in [-0.25, -0.2) is 4.79 Å². The van der Waals surface area contributed by atoms with Crippen molar-refractivity contribution in [1.29, 1.82) is 0 Å². The summed E-state index contributed by atoms with van der Waals surface area (Å²) < 4.78 is 18.3. The zero-order valence-corrected chi connectivity index (χ0v) is 20.7. The van der Waals surface area contributed by atoms with Gasteiger partial charge in [-0.3, -0.25) is 4.79 Å². The number of phenolic OH excluding ortho intramolecular Hbond substituents is 1. The van der Waals surface area contributed by atoms with Crippen molar-refractivity contribution >= 4 is 5.97 Å². The Morgan fingerprint density at radius 2 is 2.00 bits per heavy atom. The first-order valence-electron chi connectivity index (χ1n) is 11.7. The van der Waals surface area contributed by atoms with Gasteiger partial charge in [0.05, 0.1) is 32.1 Å². The number of nitrogens with zero attached hydrogens (tertiary/aromatic N) is 3. The predicted molar refractivity (Wildman–Crippen MR) is 131 cm³/mol. The van der Waals surface area contributed by atoms with Gasteiger partial charge in [-0.1, -0.05) is 26.0 Å². The Kier molecular flexibility index (Phi) is 8.50.